The van der Waals surface area contributed by atoms with Crippen LogP contribution in [-0.4, -0.2) is 14.4 Å². The minimum Gasteiger partial charge on any atom is -0.331 e. The maximum absolute atomic E-state index is 4.72. The highest BCUT2D eigenvalue weighted by atomic mass is 79.9. The molecule has 0 bridgehead atoms. The van der Waals surface area contributed by atoms with Crippen LogP contribution in [0.25, 0.3) is 11.0 Å². The van der Waals surface area contributed by atoms with Gasteiger partial charge in [-0.2, -0.15) is 0 Å². The number of aryl methyl sites for hydroxylation is 2. The average Bonchev–Trinajstić information content (AvgIpc) is 3.17. The lowest BCUT2D eigenvalue weighted by Gasteiger charge is -2.07. The number of alkyl halides is 1. The first kappa shape index (κ1) is 12.2. The largest absolute Gasteiger partial charge is 0.331 e. The van der Waals surface area contributed by atoms with Gasteiger partial charge in [0, 0.05) is 18.3 Å². The second-order valence-corrected chi connectivity index (χ2v) is 6.50. The summed E-state index contributed by atoms with van der Waals surface area (Å²) in [5.41, 5.74) is 2.36. The van der Waals surface area contributed by atoms with E-state index in [1.807, 2.05) is 0 Å². The van der Waals surface area contributed by atoms with E-state index in [9.17, 15) is 0 Å². The van der Waals surface area contributed by atoms with Crippen molar-refractivity contribution >= 4 is 27.0 Å². The fraction of sp³-hybridized carbons (Fsp3) is 0.533. The van der Waals surface area contributed by atoms with Crippen LogP contribution in [-0.2, 0) is 13.5 Å². The second-order valence-electron chi connectivity index (χ2n) is 5.32. The fourth-order valence-electron chi connectivity index (χ4n) is 2.57. The number of hydrogen-bond acceptors (Lipinski definition) is 1. The lowest BCUT2D eigenvalue weighted by atomic mass is 10.1. The first-order valence-corrected chi connectivity index (χ1v) is 7.71. The maximum Gasteiger partial charge on any atom is 0.109 e. The normalized spacial score (nSPS) is 17.2. The molecule has 1 aromatic heterocycles. The van der Waals surface area contributed by atoms with Gasteiger partial charge in [0.05, 0.1) is 11.0 Å². The highest BCUT2D eigenvalue weighted by Gasteiger charge is 2.28. The Morgan fingerprint density at radius 2 is 2.17 bits per heavy atom. The molecule has 1 aromatic carbocycles. The van der Waals surface area contributed by atoms with Crippen molar-refractivity contribution in [1.29, 1.82) is 0 Å². The smallest absolute Gasteiger partial charge is 0.109 e. The Labute approximate surface area is 117 Å². The summed E-state index contributed by atoms with van der Waals surface area (Å²) >= 11 is 3.80. The van der Waals surface area contributed by atoms with Crippen LogP contribution in [0.3, 0.4) is 0 Å². The number of rotatable bonds is 5. The third kappa shape index (κ3) is 2.46. The highest BCUT2D eigenvalue weighted by molar-refractivity contribution is 9.09. The standard InChI is InChI=1S/C15H19BrN2/c1-18-14-7-3-2-6-13(14)17-15(18)8-4-5-12(16)11-9-10-11/h2-3,6-7,11-12H,4-5,8-10H2,1H3. The molecule has 3 heteroatoms. The first-order chi connectivity index (χ1) is 8.75. The Hall–Kier alpha value is -0.830. The number of hydrogen-bond donors (Lipinski definition) is 0. The van der Waals surface area contributed by atoms with Gasteiger partial charge in [-0.1, -0.05) is 28.1 Å². The van der Waals surface area contributed by atoms with Gasteiger partial charge >= 0.3 is 0 Å². The fourth-order valence-corrected chi connectivity index (χ4v) is 3.42. The lowest BCUT2D eigenvalue weighted by molar-refractivity contribution is 0.633. The van der Waals surface area contributed by atoms with Gasteiger partial charge in [0.25, 0.3) is 0 Å². The molecule has 2 aromatic rings. The summed E-state index contributed by atoms with van der Waals surface area (Å²) in [5.74, 6) is 2.16. The van der Waals surface area contributed by atoms with Gasteiger partial charge in [-0.15, -0.1) is 0 Å². The van der Waals surface area contributed by atoms with Crippen molar-refractivity contribution in [2.24, 2.45) is 13.0 Å². The molecule has 1 unspecified atom stereocenters. The summed E-state index contributed by atoms with van der Waals surface area (Å²) in [7, 11) is 2.12. The van der Waals surface area contributed by atoms with Crippen molar-refractivity contribution < 1.29 is 0 Å². The van der Waals surface area contributed by atoms with Crippen molar-refractivity contribution in [2.45, 2.75) is 36.9 Å². The number of nitrogens with zero attached hydrogens (tertiary/aromatic N) is 2. The second kappa shape index (κ2) is 5.04. The van der Waals surface area contributed by atoms with Crippen molar-refractivity contribution in [3.05, 3.63) is 30.1 Å². The molecule has 1 fully saturated rings. The van der Waals surface area contributed by atoms with Gasteiger partial charge in [-0.25, -0.2) is 4.98 Å². The van der Waals surface area contributed by atoms with Gasteiger partial charge in [-0.3, -0.25) is 0 Å². The van der Waals surface area contributed by atoms with Gasteiger partial charge < -0.3 is 4.57 Å². The zero-order valence-corrected chi connectivity index (χ0v) is 12.4. The monoisotopic (exact) mass is 306 g/mol. The molecule has 0 amide bonds. The van der Waals surface area contributed by atoms with E-state index in [1.54, 1.807) is 0 Å². The third-order valence-electron chi connectivity index (χ3n) is 3.89. The number of halogens is 1. The van der Waals surface area contributed by atoms with E-state index in [4.69, 9.17) is 4.98 Å². The predicted molar refractivity (Wildman–Crippen MR) is 79.1 cm³/mol. The van der Waals surface area contributed by atoms with E-state index in [1.165, 1.54) is 37.0 Å². The maximum atomic E-state index is 4.72. The molecule has 1 aliphatic carbocycles. The Morgan fingerprint density at radius 1 is 1.39 bits per heavy atom. The van der Waals surface area contributed by atoms with E-state index in [-0.39, 0.29) is 0 Å². The number of aromatic nitrogens is 2. The van der Waals surface area contributed by atoms with Crippen LogP contribution in [0.4, 0.5) is 0 Å². The van der Waals surface area contributed by atoms with Crippen molar-refractivity contribution in [3.63, 3.8) is 0 Å². The molecule has 0 radical (unpaired) electrons. The van der Waals surface area contributed by atoms with Crippen LogP contribution in [0.5, 0.6) is 0 Å². The van der Waals surface area contributed by atoms with Gasteiger partial charge in [0.1, 0.15) is 5.82 Å². The molecule has 1 saturated carbocycles. The Bertz CT molecular complexity index is 542. The number of benzene rings is 1. The molecular weight excluding hydrogens is 288 g/mol. The summed E-state index contributed by atoms with van der Waals surface area (Å²) < 4.78 is 2.23. The van der Waals surface area contributed by atoms with Crippen LogP contribution in [0, 0.1) is 5.92 Å². The van der Waals surface area contributed by atoms with Crippen LogP contribution < -0.4 is 0 Å². The van der Waals surface area contributed by atoms with E-state index in [0.29, 0.717) is 0 Å². The summed E-state index contributed by atoms with van der Waals surface area (Å²) in [4.78, 5) is 5.45. The molecule has 0 aliphatic heterocycles. The summed E-state index contributed by atoms with van der Waals surface area (Å²) in [5, 5.41) is 0. The van der Waals surface area contributed by atoms with Crippen molar-refractivity contribution in [2.75, 3.05) is 0 Å². The topological polar surface area (TPSA) is 17.8 Å². The molecule has 18 heavy (non-hydrogen) atoms. The van der Waals surface area contributed by atoms with E-state index >= 15 is 0 Å². The third-order valence-corrected chi connectivity index (χ3v) is 5.10. The van der Waals surface area contributed by atoms with Gasteiger partial charge in [-0.05, 0) is 43.7 Å². The summed E-state index contributed by atoms with van der Waals surface area (Å²) in [6, 6.07) is 8.37. The predicted octanol–water partition coefficient (Wildman–Crippen LogP) is 4.07. The summed E-state index contributed by atoms with van der Waals surface area (Å²) in [6.45, 7) is 0. The molecular formula is C15H19BrN2. The molecule has 1 aliphatic rings. The highest BCUT2D eigenvalue weighted by Crippen LogP contribution is 2.38. The summed E-state index contributed by atoms with van der Waals surface area (Å²) in [6.07, 6.45) is 6.42. The molecule has 0 spiro atoms. The SMILES string of the molecule is Cn1c(CCCC(Br)C2CC2)nc2ccccc21. The molecule has 3 rings (SSSR count). The van der Waals surface area contributed by atoms with Crippen LogP contribution in [0.2, 0.25) is 0 Å². The average molecular weight is 307 g/mol. The number of imidazole rings is 1. The molecule has 0 saturated heterocycles. The molecule has 1 atom stereocenters. The Morgan fingerprint density at radius 3 is 2.89 bits per heavy atom. The Balaban J connectivity index is 1.65. The zero-order valence-electron chi connectivity index (χ0n) is 10.8. The van der Waals surface area contributed by atoms with Crippen molar-refractivity contribution in [3.8, 4) is 0 Å². The van der Waals surface area contributed by atoms with E-state index in [0.717, 1.165) is 22.7 Å². The van der Waals surface area contributed by atoms with Crippen LogP contribution >= 0.6 is 15.9 Å². The number of para-hydroxylation sites is 2. The minimum absolute atomic E-state index is 0.729. The van der Waals surface area contributed by atoms with Crippen LogP contribution in [0.15, 0.2) is 24.3 Å². The Kier molecular flexibility index (Phi) is 3.42. The minimum atomic E-state index is 0.729. The van der Waals surface area contributed by atoms with Gasteiger partial charge in [0.2, 0.25) is 0 Å². The van der Waals surface area contributed by atoms with Crippen molar-refractivity contribution in [1.82, 2.24) is 9.55 Å². The van der Waals surface area contributed by atoms with Gasteiger partial charge in [0.15, 0.2) is 0 Å². The molecule has 96 valence electrons. The van der Waals surface area contributed by atoms with E-state index in [2.05, 4.69) is 51.8 Å². The van der Waals surface area contributed by atoms with E-state index < -0.39 is 0 Å². The molecule has 1 heterocycles. The molecule has 0 N–H and O–H groups in total. The zero-order chi connectivity index (χ0) is 12.5. The molecule has 2 nitrogen and oxygen atoms in total. The van der Waals surface area contributed by atoms with Crippen LogP contribution in [0.1, 0.15) is 31.5 Å². The lowest BCUT2D eigenvalue weighted by Crippen LogP contribution is -2.03. The quantitative estimate of drug-likeness (QED) is 0.761. The number of fused-ring (bicyclic) bond motifs is 1. The first-order valence-electron chi connectivity index (χ1n) is 6.80.